The summed E-state index contributed by atoms with van der Waals surface area (Å²) in [6.07, 6.45) is 4.70. The van der Waals surface area contributed by atoms with Gasteiger partial charge in [-0.05, 0) is 36.4 Å². The molecule has 0 bridgehead atoms. The topological polar surface area (TPSA) is 67.2 Å². The summed E-state index contributed by atoms with van der Waals surface area (Å²) in [5.74, 6) is -0.630. The third-order valence-electron chi connectivity index (χ3n) is 3.94. The van der Waals surface area contributed by atoms with Crippen molar-refractivity contribution in [2.24, 2.45) is 7.05 Å². The monoisotopic (exact) mass is 351 g/mol. The Morgan fingerprint density at radius 3 is 2.69 bits per heavy atom. The number of carbonyl (C=O) groups excluding carboxylic acids is 1. The van der Waals surface area contributed by atoms with Crippen molar-refractivity contribution in [2.75, 3.05) is 5.32 Å². The molecule has 0 saturated carbocycles. The van der Waals surface area contributed by atoms with Crippen LogP contribution in [0.1, 0.15) is 11.1 Å². The fraction of sp³-hybridized carbons (Fsp3) is 0.100. The maximum atomic E-state index is 13.1. The molecule has 2 aromatic carbocycles. The summed E-state index contributed by atoms with van der Waals surface area (Å²) in [5.41, 5.74) is 3.53. The van der Waals surface area contributed by atoms with Crippen LogP contribution in [-0.2, 0) is 18.4 Å². The number of anilines is 1. The van der Waals surface area contributed by atoms with E-state index >= 15 is 0 Å². The predicted molar refractivity (Wildman–Crippen MR) is 98.6 cm³/mol. The number of aliphatic hydroxyl groups excluding tert-OH is 1. The third kappa shape index (κ3) is 3.87. The van der Waals surface area contributed by atoms with Crippen molar-refractivity contribution in [2.45, 2.75) is 6.61 Å². The Bertz CT molecular complexity index is 946. The Balaban J connectivity index is 1.81. The van der Waals surface area contributed by atoms with Crippen molar-refractivity contribution in [3.8, 4) is 11.3 Å². The van der Waals surface area contributed by atoms with Gasteiger partial charge in [-0.15, -0.1) is 0 Å². The molecule has 0 saturated heterocycles. The molecule has 1 heterocycles. The van der Waals surface area contributed by atoms with E-state index < -0.39 is 0 Å². The van der Waals surface area contributed by atoms with E-state index in [1.165, 1.54) is 18.2 Å². The maximum Gasteiger partial charge on any atom is 0.248 e. The minimum atomic E-state index is -0.320. The Labute approximate surface area is 150 Å². The van der Waals surface area contributed by atoms with Crippen molar-refractivity contribution >= 4 is 17.7 Å². The van der Waals surface area contributed by atoms with Crippen LogP contribution >= 0.6 is 0 Å². The molecule has 1 amide bonds. The number of hydrogen-bond donors (Lipinski definition) is 2. The lowest BCUT2D eigenvalue weighted by atomic mass is 10.1. The molecular formula is C20H18FN3O2. The number of carbonyl (C=O) groups is 1. The Morgan fingerprint density at radius 1 is 1.23 bits per heavy atom. The quantitative estimate of drug-likeness (QED) is 0.693. The fourth-order valence-corrected chi connectivity index (χ4v) is 2.66. The van der Waals surface area contributed by atoms with Crippen molar-refractivity contribution in [1.82, 2.24) is 9.78 Å². The van der Waals surface area contributed by atoms with Crippen LogP contribution in [0.4, 0.5) is 10.1 Å². The van der Waals surface area contributed by atoms with Crippen molar-refractivity contribution in [3.05, 3.63) is 77.7 Å². The number of aromatic nitrogens is 2. The summed E-state index contributed by atoms with van der Waals surface area (Å²) in [5, 5.41) is 16.3. The molecule has 2 N–H and O–H groups in total. The van der Waals surface area contributed by atoms with Crippen molar-refractivity contribution < 1.29 is 14.3 Å². The van der Waals surface area contributed by atoms with Gasteiger partial charge in [0.2, 0.25) is 5.91 Å². The van der Waals surface area contributed by atoms with Gasteiger partial charge in [-0.1, -0.05) is 18.2 Å². The van der Waals surface area contributed by atoms with Gasteiger partial charge in [0.05, 0.1) is 18.5 Å². The van der Waals surface area contributed by atoms with Crippen LogP contribution in [0.2, 0.25) is 0 Å². The SMILES string of the molecule is Cn1ncc(/C=C/C(=O)Nc2ccccc2CO)c1-c1ccc(F)cc1. The molecule has 5 nitrogen and oxygen atoms in total. The van der Waals surface area contributed by atoms with E-state index in [0.717, 1.165) is 16.8 Å². The molecule has 132 valence electrons. The van der Waals surface area contributed by atoms with E-state index in [0.29, 0.717) is 11.3 Å². The van der Waals surface area contributed by atoms with Gasteiger partial charge in [-0.25, -0.2) is 4.39 Å². The lowest BCUT2D eigenvalue weighted by Crippen LogP contribution is -2.09. The smallest absolute Gasteiger partial charge is 0.248 e. The van der Waals surface area contributed by atoms with Crippen LogP contribution in [0.5, 0.6) is 0 Å². The first-order valence-corrected chi connectivity index (χ1v) is 8.04. The van der Waals surface area contributed by atoms with Crippen molar-refractivity contribution in [3.63, 3.8) is 0 Å². The molecule has 3 aromatic rings. The Kier molecular flexibility index (Phi) is 5.24. The number of nitrogens with one attached hydrogen (secondary N) is 1. The van der Waals surface area contributed by atoms with Gasteiger partial charge in [0.15, 0.2) is 0 Å². The number of rotatable bonds is 5. The number of para-hydroxylation sites is 1. The summed E-state index contributed by atoms with van der Waals surface area (Å²) in [4.78, 5) is 12.2. The van der Waals surface area contributed by atoms with Crippen LogP contribution in [0.15, 0.2) is 60.8 Å². The van der Waals surface area contributed by atoms with E-state index in [1.807, 2.05) is 0 Å². The number of aliphatic hydroxyl groups is 1. The molecule has 0 radical (unpaired) electrons. The summed E-state index contributed by atoms with van der Waals surface area (Å²) in [6.45, 7) is -0.155. The highest BCUT2D eigenvalue weighted by molar-refractivity contribution is 6.02. The number of halogens is 1. The molecular weight excluding hydrogens is 333 g/mol. The Morgan fingerprint density at radius 2 is 1.96 bits per heavy atom. The molecule has 6 heteroatoms. The first-order valence-electron chi connectivity index (χ1n) is 8.04. The maximum absolute atomic E-state index is 13.1. The minimum Gasteiger partial charge on any atom is -0.392 e. The van der Waals surface area contributed by atoms with Crippen LogP contribution in [0.3, 0.4) is 0 Å². The average Bonchev–Trinajstić information content (AvgIpc) is 3.02. The summed E-state index contributed by atoms with van der Waals surface area (Å²) >= 11 is 0. The van der Waals surface area contributed by atoms with E-state index in [9.17, 15) is 14.3 Å². The summed E-state index contributed by atoms with van der Waals surface area (Å²) in [6, 6.07) is 13.2. The minimum absolute atomic E-state index is 0.155. The normalized spacial score (nSPS) is 11.0. The van der Waals surface area contributed by atoms with Crippen molar-refractivity contribution in [1.29, 1.82) is 0 Å². The summed E-state index contributed by atoms with van der Waals surface area (Å²) in [7, 11) is 1.79. The lowest BCUT2D eigenvalue weighted by molar-refractivity contribution is -0.111. The highest BCUT2D eigenvalue weighted by Crippen LogP contribution is 2.24. The number of amides is 1. The standard InChI is InChI=1S/C20H18FN3O2/c1-24-20(14-6-9-17(21)10-7-14)15(12-22-24)8-11-19(26)23-18-5-3-2-4-16(18)13-25/h2-12,25H,13H2,1H3,(H,23,26)/b11-8+. The van der Waals surface area contributed by atoms with Crippen LogP contribution < -0.4 is 5.32 Å². The molecule has 0 atom stereocenters. The van der Waals surface area contributed by atoms with Gasteiger partial charge in [-0.2, -0.15) is 5.10 Å². The zero-order valence-corrected chi connectivity index (χ0v) is 14.2. The molecule has 1 aromatic heterocycles. The number of nitrogens with zero attached hydrogens (tertiary/aromatic N) is 2. The molecule has 0 spiro atoms. The van der Waals surface area contributed by atoms with Crippen LogP contribution in [-0.4, -0.2) is 20.8 Å². The highest BCUT2D eigenvalue weighted by atomic mass is 19.1. The van der Waals surface area contributed by atoms with Gasteiger partial charge in [-0.3, -0.25) is 9.48 Å². The zero-order chi connectivity index (χ0) is 18.5. The first kappa shape index (κ1) is 17.6. The molecule has 3 rings (SSSR count). The predicted octanol–water partition coefficient (Wildman–Crippen LogP) is 3.37. The molecule has 0 fully saturated rings. The number of aryl methyl sites for hydroxylation is 1. The largest absolute Gasteiger partial charge is 0.392 e. The van der Waals surface area contributed by atoms with Gasteiger partial charge in [0, 0.05) is 35.5 Å². The van der Waals surface area contributed by atoms with Crippen LogP contribution in [0.25, 0.3) is 17.3 Å². The van der Waals surface area contributed by atoms with E-state index in [4.69, 9.17) is 0 Å². The molecule has 0 aliphatic rings. The lowest BCUT2D eigenvalue weighted by Gasteiger charge is -2.07. The zero-order valence-electron chi connectivity index (χ0n) is 14.2. The Hall–Kier alpha value is -3.25. The van der Waals surface area contributed by atoms with Gasteiger partial charge < -0.3 is 10.4 Å². The first-order chi connectivity index (χ1) is 12.6. The van der Waals surface area contributed by atoms with Crippen LogP contribution in [0, 0.1) is 5.82 Å². The van der Waals surface area contributed by atoms with E-state index in [-0.39, 0.29) is 18.3 Å². The van der Waals surface area contributed by atoms with Gasteiger partial charge in [0.25, 0.3) is 0 Å². The van der Waals surface area contributed by atoms with Gasteiger partial charge in [0.1, 0.15) is 5.82 Å². The van der Waals surface area contributed by atoms with Gasteiger partial charge >= 0.3 is 0 Å². The average molecular weight is 351 g/mol. The van der Waals surface area contributed by atoms with E-state index in [1.54, 1.807) is 60.4 Å². The number of hydrogen-bond acceptors (Lipinski definition) is 3. The molecule has 0 aliphatic carbocycles. The fourth-order valence-electron chi connectivity index (χ4n) is 2.66. The molecule has 0 aliphatic heterocycles. The summed E-state index contributed by atoms with van der Waals surface area (Å²) < 4.78 is 14.8. The number of benzene rings is 2. The molecule has 26 heavy (non-hydrogen) atoms. The second-order valence-electron chi connectivity index (χ2n) is 5.72. The second kappa shape index (κ2) is 7.76. The highest BCUT2D eigenvalue weighted by Gasteiger charge is 2.10. The third-order valence-corrected chi connectivity index (χ3v) is 3.94. The second-order valence-corrected chi connectivity index (χ2v) is 5.72. The molecule has 0 unspecified atom stereocenters. The van der Waals surface area contributed by atoms with E-state index in [2.05, 4.69) is 10.4 Å².